The van der Waals surface area contributed by atoms with Gasteiger partial charge in [0.25, 0.3) is 0 Å². The monoisotopic (exact) mass is 391 g/mol. The quantitative estimate of drug-likeness (QED) is 0.406. The molecular formula is C20H17N5O2S. The van der Waals surface area contributed by atoms with Crippen LogP contribution in [0.2, 0.25) is 0 Å². The molecule has 7 nitrogen and oxygen atoms in total. The number of nitrogens with two attached hydrogens (primary N) is 1. The van der Waals surface area contributed by atoms with Crippen LogP contribution in [-0.4, -0.2) is 19.4 Å². The summed E-state index contributed by atoms with van der Waals surface area (Å²) in [6.07, 6.45) is 4.90. The lowest BCUT2D eigenvalue weighted by atomic mass is 10.2. The molecule has 28 heavy (non-hydrogen) atoms. The van der Waals surface area contributed by atoms with Crippen molar-refractivity contribution in [3.05, 3.63) is 84.7 Å². The van der Waals surface area contributed by atoms with Gasteiger partial charge in [-0.05, 0) is 42.0 Å². The molecule has 0 amide bonds. The summed E-state index contributed by atoms with van der Waals surface area (Å²) in [6, 6.07) is 18.3. The van der Waals surface area contributed by atoms with Gasteiger partial charge in [-0.25, -0.2) is 8.42 Å². The first kappa shape index (κ1) is 19.1. The minimum atomic E-state index is -3.58. The Hall–Kier alpha value is -3.70. The highest BCUT2D eigenvalue weighted by molar-refractivity contribution is 7.91. The maximum Gasteiger partial charge on any atom is 0.212 e. The van der Waals surface area contributed by atoms with Crippen LogP contribution in [0.15, 0.2) is 93.9 Å². The highest BCUT2D eigenvalue weighted by atomic mass is 32.2. The number of nitriles is 1. The van der Waals surface area contributed by atoms with E-state index < -0.39 is 9.84 Å². The summed E-state index contributed by atoms with van der Waals surface area (Å²) >= 11 is 0. The second-order valence-corrected chi connectivity index (χ2v) is 7.78. The largest absolute Gasteiger partial charge is 0.369 e. The van der Waals surface area contributed by atoms with Crippen molar-refractivity contribution in [3.63, 3.8) is 0 Å². The average molecular weight is 391 g/mol. The molecule has 0 radical (unpaired) electrons. The minimum Gasteiger partial charge on any atom is -0.369 e. The van der Waals surface area contributed by atoms with Crippen LogP contribution in [0.25, 0.3) is 0 Å². The summed E-state index contributed by atoms with van der Waals surface area (Å²) in [5.41, 5.74) is 7.38. The Morgan fingerprint density at radius 2 is 1.71 bits per heavy atom. The van der Waals surface area contributed by atoms with E-state index in [-0.39, 0.29) is 15.8 Å². The van der Waals surface area contributed by atoms with E-state index in [1.54, 1.807) is 90.2 Å². The van der Waals surface area contributed by atoms with Crippen LogP contribution in [-0.2, 0) is 16.4 Å². The second kappa shape index (κ2) is 8.33. The number of benzene rings is 2. The second-order valence-electron chi connectivity index (χ2n) is 5.83. The predicted octanol–water partition coefficient (Wildman–Crippen LogP) is 2.72. The summed E-state index contributed by atoms with van der Waals surface area (Å²) < 4.78 is 25.4. The van der Waals surface area contributed by atoms with Gasteiger partial charge in [0.15, 0.2) is 0 Å². The molecule has 0 spiro atoms. The number of rotatable bonds is 5. The molecule has 0 unspecified atom stereocenters. The molecule has 0 fully saturated rings. The maximum absolute atomic E-state index is 12.7. The fourth-order valence-electron chi connectivity index (χ4n) is 2.62. The number of nitrogens with zero attached hydrogens (tertiary/aromatic N) is 4. The number of hydrogen-bond donors (Lipinski definition) is 1. The first-order chi connectivity index (χ1) is 13.5. The minimum absolute atomic E-state index is 0.0245. The van der Waals surface area contributed by atoms with Gasteiger partial charge in [0, 0.05) is 6.20 Å². The number of guanidine groups is 1. The lowest BCUT2D eigenvalue weighted by Gasteiger charge is -2.22. The number of hydrogen-bond acceptors (Lipinski definition) is 5. The summed E-state index contributed by atoms with van der Waals surface area (Å²) in [5.74, 6) is 0.0245. The van der Waals surface area contributed by atoms with Gasteiger partial charge in [0.2, 0.25) is 22.0 Å². The zero-order valence-electron chi connectivity index (χ0n) is 14.8. The Morgan fingerprint density at radius 3 is 2.32 bits per heavy atom. The van der Waals surface area contributed by atoms with Gasteiger partial charge in [0.1, 0.15) is 0 Å². The molecule has 2 aromatic carbocycles. The molecule has 2 N–H and O–H groups in total. The average Bonchev–Trinajstić information content (AvgIpc) is 2.74. The molecule has 0 saturated heterocycles. The standard InChI is InChI=1S/C20H17N5O2S/c21-15-24-20(22)25(17-5-4-12-23-13-17)14-16-8-10-19(11-9-16)28(26,27)18-6-2-1-3-7-18/h1-13H,14H2,(H2,22,24). The fourth-order valence-corrected chi connectivity index (χ4v) is 3.90. The Balaban J connectivity index is 1.88. The molecule has 0 saturated carbocycles. The normalized spacial score (nSPS) is 11.6. The molecule has 3 rings (SSSR count). The van der Waals surface area contributed by atoms with Gasteiger partial charge in [-0.1, -0.05) is 30.3 Å². The summed E-state index contributed by atoms with van der Waals surface area (Å²) in [7, 11) is -3.58. The summed E-state index contributed by atoms with van der Waals surface area (Å²) in [4.78, 5) is 9.72. The summed E-state index contributed by atoms with van der Waals surface area (Å²) in [5, 5.41) is 8.81. The molecule has 1 heterocycles. The van der Waals surface area contributed by atoms with Crippen molar-refractivity contribution in [2.24, 2.45) is 10.7 Å². The third-order valence-electron chi connectivity index (χ3n) is 4.03. The van der Waals surface area contributed by atoms with Crippen molar-refractivity contribution >= 4 is 21.5 Å². The maximum atomic E-state index is 12.7. The fraction of sp³-hybridized carbons (Fsp3) is 0.0500. The SMILES string of the molecule is N#CN=C(N)N(Cc1ccc(S(=O)(=O)c2ccccc2)cc1)c1cccnc1. The smallest absolute Gasteiger partial charge is 0.212 e. The van der Waals surface area contributed by atoms with Crippen molar-refractivity contribution in [2.75, 3.05) is 4.90 Å². The third-order valence-corrected chi connectivity index (χ3v) is 5.81. The van der Waals surface area contributed by atoms with E-state index in [0.29, 0.717) is 12.2 Å². The zero-order chi connectivity index (χ0) is 20.0. The van der Waals surface area contributed by atoms with Crippen LogP contribution in [0.5, 0.6) is 0 Å². The van der Waals surface area contributed by atoms with Crippen LogP contribution in [0, 0.1) is 11.5 Å². The van der Waals surface area contributed by atoms with E-state index >= 15 is 0 Å². The molecule has 1 aromatic heterocycles. The van der Waals surface area contributed by atoms with E-state index in [1.165, 1.54) is 0 Å². The molecule has 3 aromatic rings. The predicted molar refractivity (Wildman–Crippen MR) is 106 cm³/mol. The van der Waals surface area contributed by atoms with Crippen LogP contribution < -0.4 is 10.6 Å². The van der Waals surface area contributed by atoms with Crippen molar-refractivity contribution in [1.82, 2.24) is 4.98 Å². The van der Waals surface area contributed by atoms with Gasteiger partial charge in [-0.2, -0.15) is 5.26 Å². The van der Waals surface area contributed by atoms with Crippen molar-refractivity contribution < 1.29 is 8.42 Å². The Morgan fingerprint density at radius 1 is 1.04 bits per heavy atom. The van der Waals surface area contributed by atoms with E-state index in [1.807, 2.05) is 0 Å². The van der Waals surface area contributed by atoms with Crippen LogP contribution in [0.1, 0.15) is 5.56 Å². The molecule has 0 aliphatic carbocycles. The number of pyridine rings is 1. The molecule has 0 bridgehead atoms. The Bertz CT molecular complexity index is 1110. The number of anilines is 1. The molecular weight excluding hydrogens is 374 g/mol. The van der Waals surface area contributed by atoms with Gasteiger partial charge < -0.3 is 10.6 Å². The van der Waals surface area contributed by atoms with E-state index in [4.69, 9.17) is 11.0 Å². The highest BCUT2D eigenvalue weighted by Gasteiger charge is 2.18. The lowest BCUT2D eigenvalue weighted by Crippen LogP contribution is -2.36. The summed E-state index contributed by atoms with van der Waals surface area (Å²) in [6.45, 7) is 0.300. The third kappa shape index (κ3) is 4.16. The number of sulfone groups is 1. The van der Waals surface area contributed by atoms with Crippen LogP contribution in [0.4, 0.5) is 5.69 Å². The van der Waals surface area contributed by atoms with Crippen molar-refractivity contribution in [2.45, 2.75) is 16.3 Å². The van der Waals surface area contributed by atoms with E-state index in [2.05, 4.69) is 9.98 Å². The molecule has 0 aliphatic heterocycles. The zero-order valence-corrected chi connectivity index (χ0v) is 15.6. The van der Waals surface area contributed by atoms with E-state index in [9.17, 15) is 8.42 Å². The first-order valence-electron chi connectivity index (χ1n) is 8.31. The number of aliphatic imine (C=N–C) groups is 1. The molecule has 140 valence electrons. The number of aromatic nitrogens is 1. The van der Waals surface area contributed by atoms with Gasteiger partial charge in [-0.3, -0.25) is 4.98 Å². The molecule has 8 heteroatoms. The Kier molecular flexibility index (Phi) is 5.67. The highest BCUT2D eigenvalue weighted by Crippen LogP contribution is 2.22. The van der Waals surface area contributed by atoms with E-state index in [0.717, 1.165) is 5.56 Å². The van der Waals surface area contributed by atoms with Gasteiger partial charge in [-0.15, -0.1) is 4.99 Å². The molecule has 0 atom stereocenters. The van der Waals surface area contributed by atoms with Gasteiger partial charge >= 0.3 is 0 Å². The van der Waals surface area contributed by atoms with Crippen LogP contribution in [0.3, 0.4) is 0 Å². The van der Waals surface area contributed by atoms with Gasteiger partial charge in [0.05, 0.1) is 28.2 Å². The Labute approximate surface area is 163 Å². The first-order valence-corrected chi connectivity index (χ1v) is 9.79. The lowest BCUT2D eigenvalue weighted by molar-refractivity contribution is 0.596. The topological polar surface area (TPSA) is 112 Å². The molecule has 0 aliphatic rings. The van der Waals surface area contributed by atoms with Crippen LogP contribution >= 0.6 is 0 Å². The van der Waals surface area contributed by atoms with Crippen molar-refractivity contribution in [3.8, 4) is 6.19 Å². The van der Waals surface area contributed by atoms with Crippen molar-refractivity contribution in [1.29, 1.82) is 5.26 Å².